The van der Waals surface area contributed by atoms with E-state index in [-0.39, 0.29) is 6.67 Å². The number of rotatable bonds is 4. The van der Waals surface area contributed by atoms with Gasteiger partial charge < -0.3 is 10.3 Å². The minimum absolute atomic E-state index is 0.270. The first kappa shape index (κ1) is 14.1. The van der Waals surface area contributed by atoms with Crippen LogP contribution >= 0.6 is 0 Å². The van der Waals surface area contributed by atoms with Crippen molar-refractivity contribution in [2.24, 2.45) is 17.8 Å². The summed E-state index contributed by atoms with van der Waals surface area (Å²) < 4.78 is 3.97. The van der Waals surface area contributed by atoms with Crippen molar-refractivity contribution in [2.75, 3.05) is 12.1 Å². The molecule has 0 aliphatic rings. The lowest BCUT2D eigenvalue weighted by molar-refractivity contribution is 0.921. The van der Waals surface area contributed by atoms with Crippen LogP contribution in [0.4, 0.5) is 5.69 Å². The van der Waals surface area contributed by atoms with Gasteiger partial charge in [-0.1, -0.05) is 6.58 Å². The number of hydrogen-bond donors (Lipinski definition) is 2. The Morgan fingerprint density at radius 1 is 1.45 bits per heavy atom. The number of aromatic nitrogens is 3. The van der Waals surface area contributed by atoms with Crippen molar-refractivity contribution >= 4 is 35.5 Å². The Kier molecular flexibility index (Phi) is 3.76. The Hall–Kier alpha value is -2.86. The van der Waals surface area contributed by atoms with Gasteiger partial charge in [0.2, 0.25) is 0 Å². The van der Waals surface area contributed by atoms with Gasteiger partial charge in [0.15, 0.2) is 0 Å². The van der Waals surface area contributed by atoms with Crippen LogP contribution in [0.2, 0.25) is 0 Å². The van der Waals surface area contributed by atoms with Crippen LogP contribution in [-0.4, -0.2) is 27.1 Å². The van der Waals surface area contributed by atoms with Crippen LogP contribution in [0, 0.1) is 0 Å². The highest BCUT2D eigenvalue weighted by atomic mass is 15.4. The minimum atomic E-state index is 0.270. The maximum atomic E-state index is 5.37. The largest absolute Gasteiger partial charge is 0.348 e. The van der Waals surface area contributed by atoms with Crippen LogP contribution in [-0.2, 0) is 7.05 Å². The van der Waals surface area contributed by atoms with Crippen molar-refractivity contribution in [3.63, 3.8) is 0 Å². The minimum Gasteiger partial charge on any atom is -0.348 e. The molecule has 3 aromatic heterocycles. The fourth-order valence-electron chi connectivity index (χ4n) is 2.41. The second kappa shape index (κ2) is 5.87. The zero-order valence-electron chi connectivity index (χ0n) is 12.4. The lowest BCUT2D eigenvalue weighted by Gasteiger charge is -2.06. The molecule has 0 saturated carbocycles. The van der Waals surface area contributed by atoms with E-state index in [2.05, 4.69) is 26.5 Å². The quantitative estimate of drug-likeness (QED) is 0.685. The summed E-state index contributed by atoms with van der Waals surface area (Å²) in [5.41, 5.74) is 10.8. The van der Waals surface area contributed by atoms with Crippen molar-refractivity contribution in [1.82, 2.24) is 14.2 Å². The average molecular weight is 294 g/mol. The Morgan fingerprint density at radius 2 is 2.32 bits per heavy atom. The fraction of sp³-hybridized carbons (Fsp3) is 0.125. The molecule has 0 saturated heterocycles. The zero-order valence-corrected chi connectivity index (χ0v) is 12.4. The van der Waals surface area contributed by atoms with Crippen molar-refractivity contribution in [2.45, 2.75) is 0 Å². The van der Waals surface area contributed by atoms with Crippen molar-refractivity contribution in [3.8, 4) is 0 Å². The molecular weight excluding hydrogens is 276 g/mol. The number of nitrogens with one attached hydrogen (secondary N) is 1. The Labute approximate surface area is 127 Å². The smallest absolute Gasteiger partial charge is 0.0859 e. The number of nitrogens with zero attached hydrogens (tertiary/aromatic N) is 4. The van der Waals surface area contributed by atoms with E-state index in [1.165, 1.54) is 0 Å². The van der Waals surface area contributed by atoms with Crippen LogP contribution in [0.1, 0.15) is 0 Å². The first-order valence-corrected chi connectivity index (χ1v) is 6.93. The monoisotopic (exact) mass is 294 g/mol. The number of fused-ring (bicyclic) bond motifs is 1. The van der Waals surface area contributed by atoms with Crippen molar-refractivity contribution in [3.05, 3.63) is 47.5 Å². The number of hydrogen-bond acceptors (Lipinski definition) is 4. The summed E-state index contributed by atoms with van der Waals surface area (Å²) >= 11 is 0. The van der Waals surface area contributed by atoms with E-state index >= 15 is 0 Å². The lowest BCUT2D eigenvalue weighted by atomic mass is 10.3. The molecule has 6 nitrogen and oxygen atoms in total. The second-order valence-electron chi connectivity index (χ2n) is 4.94. The molecule has 3 heterocycles. The predicted molar refractivity (Wildman–Crippen MR) is 91.0 cm³/mol. The molecule has 0 aromatic carbocycles. The van der Waals surface area contributed by atoms with Gasteiger partial charge in [-0.2, -0.15) is 0 Å². The number of anilines is 1. The summed E-state index contributed by atoms with van der Waals surface area (Å²) in [4.78, 5) is 8.20. The molecule has 0 aliphatic carbocycles. The van der Waals surface area contributed by atoms with E-state index < -0.39 is 0 Å². The third kappa shape index (κ3) is 2.51. The molecule has 0 fully saturated rings. The highest BCUT2D eigenvalue weighted by molar-refractivity contribution is 5.92. The number of aryl methyl sites for hydroxylation is 1. The maximum absolute atomic E-state index is 5.37. The number of pyridine rings is 1. The highest BCUT2D eigenvalue weighted by Crippen LogP contribution is 2.23. The van der Waals surface area contributed by atoms with E-state index in [4.69, 9.17) is 5.73 Å². The van der Waals surface area contributed by atoms with Crippen LogP contribution in [0.3, 0.4) is 0 Å². The number of aliphatic imine (C=N–C) groups is 1. The first-order chi connectivity index (χ1) is 10.7. The molecule has 22 heavy (non-hydrogen) atoms. The molecule has 0 amide bonds. The summed E-state index contributed by atoms with van der Waals surface area (Å²) in [5, 5.41) is 2.90. The van der Waals surface area contributed by atoms with Crippen LogP contribution in [0.5, 0.6) is 0 Å². The van der Waals surface area contributed by atoms with Gasteiger partial charge in [0.1, 0.15) is 0 Å². The second-order valence-corrected chi connectivity index (χ2v) is 4.94. The highest BCUT2D eigenvalue weighted by Gasteiger charge is 2.06. The van der Waals surface area contributed by atoms with Crippen molar-refractivity contribution < 1.29 is 0 Å². The number of nitrogens with two attached hydrogens (primary N) is 1. The fourth-order valence-corrected chi connectivity index (χ4v) is 2.41. The van der Waals surface area contributed by atoms with Gasteiger partial charge in [0.05, 0.1) is 23.2 Å². The predicted octanol–water partition coefficient (Wildman–Crippen LogP) is 0.428. The molecule has 0 unspecified atom stereocenters. The average Bonchev–Trinajstić information content (AvgIpc) is 3.03. The van der Waals surface area contributed by atoms with Gasteiger partial charge in [0, 0.05) is 43.4 Å². The molecule has 3 N–H and O–H groups in total. The van der Waals surface area contributed by atoms with Crippen molar-refractivity contribution in [1.29, 1.82) is 0 Å². The van der Waals surface area contributed by atoms with Gasteiger partial charge in [-0.05, 0) is 23.4 Å². The van der Waals surface area contributed by atoms with E-state index in [1.807, 2.05) is 48.5 Å². The van der Waals surface area contributed by atoms with Gasteiger partial charge in [-0.3, -0.25) is 20.1 Å². The molecule has 6 heteroatoms. The summed E-state index contributed by atoms with van der Waals surface area (Å²) in [7, 11) is 2.01. The van der Waals surface area contributed by atoms with Gasteiger partial charge in [-0.15, -0.1) is 0 Å². The summed E-state index contributed by atoms with van der Waals surface area (Å²) in [6.45, 7) is 4.30. The normalized spacial score (nSPS) is 12.5. The molecule has 112 valence electrons. The first-order valence-electron chi connectivity index (χ1n) is 6.93. The van der Waals surface area contributed by atoms with Crippen LogP contribution < -0.4 is 21.7 Å². The Balaban J connectivity index is 2.05. The van der Waals surface area contributed by atoms with Gasteiger partial charge in [-0.25, -0.2) is 0 Å². The third-order valence-electron chi connectivity index (χ3n) is 3.49. The molecule has 0 aliphatic heterocycles. The lowest BCUT2D eigenvalue weighted by Crippen LogP contribution is -2.31. The molecule has 0 radical (unpaired) electrons. The van der Waals surface area contributed by atoms with E-state index in [0.717, 1.165) is 27.2 Å². The Morgan fingerprint density at radius 3 is 3.14 bits per heavy atom. The zero-order chi connectivity index (χ0) is 15.5. The van der Waals surface area contributed by atoms with Crippen LogP contribution in [0.15, 0.2) is 41.9 Å². The molecule has 3 rings (SSSR count). The van der Waals surface area contributed by atoms with E-state index in [9.17, 15) is 0 Å². The summed E-state index contributed by atoms with van der Waals surface area (Å²) in [5.74, 6) is 0. The van der Waals surface area contributed by atoms with E-state index in [1.54, 1.807) is 12.4 Å². The SMILES string of the molecule is C=c1ccn(Nc2cn(C)c3ccncc23)/c1=C/C=NCN. The maximum Gasteiger partial charge on any atom is 0.0859 e. The third-order valence-corrected chi connectivity index (χ3v) is 3.49. The summed E-state index contributed by atoms with van der Waals surface area (Å²) in [6, 6.07) is 3.93. The summed E-state index contributed by atoms with van der Waals surface area (Å²) in [6.07, 6.45) is 11.2. The molecule has 0 atom stereocenters. The molecular formula is C16H18N6. The Bertz CT molecular complexity index is 931. The molecule has 0 spiro atoms. The standard InChI is InChI=1S/C16H18N6/c1-12-5-8-22(15(12)3-7-19-11-17)20-14-10-21(2)16-4-6-18-9-13(14)16/h3-10,20H,1,11,17H2,2H3/b15-3+,19-7?. The molecule has 0 bridgehead atoms. The van der Waals surface area contributed by atoms with Gasteiger partial charge >= 0.3 is 0 Å². The molecule has 3 aromatic rings. The van der Waals surface area contributed by atoms with Gasteiger partial charge in [0.25, 0.3) is 0 Å². The topological polar surface area (TPSA) is 73.2 Å². The van der Waals surface area contributed by atoms with E-state index in [0.29, 0.717) is 0 Å². The van der Waals surface area contributed by atoms with Crippen LogP contribution in [0.25, 0.3) is 23.6 Å².